The van der Waals surface area contributed by atoms with Crippen LogP contribution in [0.3, 0.4) is 0 Å². The normalized spacial score (nSPS) is 13.5. The van der Waals surface area contributed by atoms with Crippen LogP contribution < -0.4 is 16.0 Å². The van der Waals surface area contributed by atoms with E-state index in [0.29, 0.717) is 22.9 Å². The van der Waals surface area contributed by atoms with E-state index in [1.807, 2.05) is 67.6 Å². The van der Waals surface area contributed by atoms with Crippen molar-refractivity contribution in [3.63, 3.8) is 0 Å². The van der Waals surface area contributed by atoms with Crippen molar-refractivity contribution in [2.75, 3.05) is 5.32 Å². The number of carbonyl (C=O) groups excluding carboxylic acids is 2. The Morgan fingerprint density at radius 3 is 2.33 bits per heavy atom. The second-order valence-electron chi connectivity index (χ2n) is 7.90. The summed E-state index contributed by atoms with van der Waals surface area (Å²) in [5.41, 5.74) is 2.76. The van der Waals surface area contributed by atoms with E-state index in [0.717, 1.165) is 28.2 Å². The number of benzene rings is 3. The monoisotopic (exact) mass is 456 g/mol. The van der Waals surface area contributed by atoms with Crippen molar-refractivity contribution in [1.82, 2.24) is 10.6 Å². The average Bonchev–Trinajstić information content (AvgIpc) is 3.64. The number of nitrogens with zero attached hydrogens (tertiary/aromatic N) is 1. The molecule has 1 unspecified atom stereocenters. The van der Waals surface area contributed by atoms with Crippen LogP contribution >= 0.6 is 11.8 Å². The van der Waals surface area contributed by atoms with Crippen LogP contribution in [0.2, 0.25) is 0 Å². The average molecular weight is 457 g/mol. The molecule has 0 heterocycles. The molecule has 3 amide bonds. The van der Waals surface area contributed by atoms with E-state index in [9.17, 15) is 14.9 Å². The Kier molecular flexibility index (Phi) is 6.96. The number of anilines is 1. The predicted octanol–water partition coefficient (Wildman–Crippen LogP) is 5.48. The van der Waals surface area contributed by atoms with Crippen molar-refractivity contribution in [1.29, 1.82) is 5.26 Å². The molecule has 7 heteroatoms. The Hall–Kier alpha value is -3.76. The molecule has 0 saturated heterocycles. The first kappa shape index (κ1) is 22.4. The molecule has 0 bridgehead atoms. The molecular weight excluding hydrogens is 432 g/mol. The number of carbonyl (C=O) groups is 2. The topological polar surface area (TPSA) is 94.0 Å². The second-order valence-corrected chi connectivity index (χ2v) is 8.98. The highest BCUT2D eigenvalue weighted by molar-refractivity contribution is 7.99. The highest BCUT2D eigenvalue weighted by Crippen LogP contribution is 2.33. The first-order valence-corrected chi connectivity index (χ1v) is 11.6. The van der Waals surface area contributed by atoms with Gasteiger partial charge in [-0.1, -0.05) is 48.2 Å². The first-order chi connectivity index (χ1) is 16.0. The molecule has 6 nitrogen and oxygen atoms in total. The summed E-state index contributed by atoms with van der Waals surface area (Å²) in [6.07, 6.45) is 2.08. The van der Waals surface area contributed by atoms with Crippen molar-refractivity contribution in [3.05, 3.63) is 89.5 Å². The van der Waals surface area contributed by atoms with Gasteiger partial charge in [0.2, 0.25) is 0 Å². The Bertz CT molecular complexity index is 1200. The van der Waals surface area contributed by atoms with Crippen molar-refractivity contribution in [2.24, 2.45) is 0 Å². The number of nitriles is 1. The Morgan fingerprint density at radius 1 is 0.970 bits per heavy atom. The lowest BCUT2D eigenvalue weighted by molar-refractivity contribution is 0.0937. The van der Waals surface area contributed by atoms with E-state index < -0.39 is 0 Å². The Balaban J connectivity index is 1.42. The van der Waals surface area contributed by atoms with E-state index in [4.69, 9.17) is 0 Å². The molecule has 0 spiro atoms. The largest absolute Gasteiger partial charge is 0.345 e. The van der Waals surface area contributed by atoms with Gasteiger partial charge in [-0.25, -0.2) is 4.79 Å². The van der Waals surface area contributed by atoms with Crippen molar-refractivity contribution in [3.8, 4) is 6.07 Å². The third kappa shape index (κ3) is 5.93. The van der Waals surface area contributed by atoms with Crippen LogP contribution in [0.25, 0.3) is 0 Å². The second kappa shape index (κ2) is 10.2. The minimum atomic E-state index is -0.226. The molecule has 3 aromatic carbocycles. The summed E-state index contributed by atoms with van der Waals surface area (Å²) in [6, 6.07) is 24.2. The third-order valence-electron chi connectivity index (χ3n) is 5.29. The summed E-state index contributed by atoms with van der Waals surface area (Å²) in [5, 5.41) is 18.1. The molecule has 0 aliphatic heterocycles. The van der Waals surface area contributed by atoms with Crippen molar-refractivity contribution >= 4 is 29.4 Å². The first-order valence-electron chi connectivity index (χ1n) is 10.8. The fourth-order valence-corrected chi connectivity index (χ4v) is 4.33. The highest BCUT2D eigenvalue weighted by Gasteiger charge is 2.23. The molecule has 1 fully saturated rings. The van der Waals surface area contributed by atoms with Gasteiger partial charge in [-0.3, -0.25) is 4.79 Å². The minimum absolute atomic E-state index is 0.189. The van der Waals surface area contributed by atoms with Crippen LogP contribution in [0.4, 0.5) is 10.5 Å². The van der Waals surface area contributed by atoms with E-state index >= 15 is 0 Å². The molecule has 1 saturated carbocycles. The summed E-state index contributed by atoms with van der Waals surface area (Å²) >= 11 is 1.40. The van der Waals surface area contributed by atoms with Gasteiger partial charge in [0.15, 0.2) is 0 Å². The smallest absolute Gasteiger partial charge is 0.319 e. The van der Waals surface area contributed by atoms with Crippen LogP contribution in [0, 0.1) is 11.3 Å². The van der Waals surface area contributed by atoms with Gasteiger partial charge < -0.3 is 16.0 Å². The van der Waals surface area contributed by atoms with E-state index in [1.165, 1.54) is 11.8 Å². The van der Waals surface area contributed by atoms with Crippen LogP contribution in [0.5, 0.6) is 0 Å². The van der Waals surface area contributed by atoms with Gasteiger partial charge in [0.1, 0.15) is 6.07 Å². The summed E-state index contributed by atoms with van der Waals surface area (Å²) in [6.45, 7) is 1.92. The number of amides is 3. The van der Waals surface area contributed by atoms with Crippen LogP contribution in [0.1, 0.15) is 47.3 Å². The van der Waals surface area contributed by atoms with Gasteiger partial charge in [0.05, 0.1) is 17.2 Å². The van der Waals surface area contributed by atoms with E-state index in [1.54, 1.807) is 12.1 Å². The lowest BCUT2D eigenvalue weighted by Gasteiger charge is -2.17. The van der Waals surface area contributed by atoms with Gasteiger partial charge in [0.25, 0.3) is 5.91 Å². The maximum Gasteiger partial charge on any atom is 0.319 e. The summed E-state index contributed by atoms with van der Waals surface area (Å²) in [5.74, 6) is -0.189. The van der Waals surface area contributed by atoms with Gasteiger partial charge in [-0.2, -0.15) is 5.26 Å². The number of rotatable bonds is 7. The Morgan fingerprint density at radius 2 is 1.64 bits per heavy atom. The lowest BCUT2D eigenvalue weighted by Crippen LogP contribution is -2.30. The summed E-state index contributed by atoms with van der Waals surface area (Å²) < 4.78 is 0. The zero-order chi connectivity index (χ0) is 23.2. The molecule has 0 radical (unpaired) electrons. The molecule has 166 valence electrons. The molecule has 33 heavy (non-hydrogen) atoms. The maximum atomic E-state index is 13.1. The molecule has 0 aromatic heterocycles. The number of hydrogen-bond donors (Lipinski definition) is 3. The minimum Gasteiger partial charge on any atom is -0.345 e. The van der Waals surface area contributed by atoms with Crippen LogP contribution in [-0.4, -0.2) is 18.0 Å². The number of hydrogen-bond acceptors (Lipinski definition) is 4. The SMILES string of the molecule is CC(NC(=O)c1ccccc1Sc1ccccc1C#N)c1ccc(NC(=O)NC2CC2)cc1. The zero-order valence-corrected chi connectivity index (χ0v) is 19.0. The number of urea groups is 1. The van der Waals surface area contributed by atoms with E-state index in [-0.39, 0.29) is 18.0 Å². The maximum absolute atomic E-state index is 13.1. The van der Waals surface area contributed by atoms with Gasteiger partial charge in [-0.05, 0) is 61.7 Å². The van der Waals surface area contributed by atoms with Gasteiger partial charge in [0, 0.05) is 21.5 Å². The van der Waals surface area contributed by atoms with Crippen LogP contribution in [0.15, 0.2) is 82.6 Å². The molecular formula is C26H24N4O2S. The third-order valence-corrected chi connectivity index (χ3v) is 6.44. The standard InChI is InChI=1S/C26H24N4O2S/c1-17(18-10-12-20(13-11-18)29-26(32)30-21-14-15-21)28-25(31)22-7-3-5-9-24(22)33-23-8-4-2-6-19(23)16-27/h2-13,17,21H,14-15H2,1H3,(H,28,31)(H2,29,30,32). The van der Waals surface area contributed by atoms with Gasteiger partial charge in [-0.15, -0.1) is 0 Å². The quantitative estimate of drug-likeness (QED) is 0.438. The lowest BCUT2D eigenvalue weighted by atomic mass is 10.1. The predicted molar refractivity (Wildman–Crippen MR) is 129 cm³/mol. The summed E-state index contributed by atoms with van der Waals surface area (Å²) in [4.78, 5) is 26.5. The Labute approximate surface area is 197 Å². The zero-order valence-electron chi connectivity index (χ0n) is 18.2. The van der Waals surface area contributed by atoms with Crippen LogP contribution in [-0.2, 0) is 0 Å². The number of nitrogens with one attached hydrogen (secondary N) is 3. The van der Waals surface area contributed by atoms with Crippen molar-refractivity contribution < 1.29 is 9.59 Å². The molecule has 1 aliphatic rings. The van der Waals surface area contributed by atoms with Gasteiger partial charge >= 0.3 is 6.03 Å². The van der Waals surface area contributed by atoms with Crippen molar-refractivity contribution in [2.45, 2.75) is 41.6 Å². The fraction of sp³-hybridized carbons (Fsp3) is 0.192. The molecule has 1 aliphatic carbocycles. The van der Waals surface area contributed by atoms with E-state index in [2.05, 4.69) is 22.0 Å². The molecule has 3 aromatic rings. The fourth-order valence-electron chi connectivity index (χ4n) is 3.30. The highest BCUT2D eigenvalue weighted by atomic mass is 32.2. The molecule has 1 atom stereocenters. The molecule has 4 rings (SSSR count). The summed E-state index contributed by atoms with van der Waals surface area (Å²) in [7, 11) is 0. The molecule has 3 N–H and O–H groups in total.